The van der Waals surface area contributed by atoms with Crippen molar-refractivity contribution in [2.24, 2.45) is 0 Å². The van der Waals surface area contributed by atoms with Gasteiger partial charge < -0.3 is 10.2 Å². The molecule has 20 heavy (non-hydrogen) atoms. The molecule has 1 N–H and O–H groups in total. The maximum atomic E-state index is 4.68. The van der Waals surface area contributed by atoms with Gasteiger partial charge in [-0.15, -0.1) is 0 Å². The molecule has 1 aliphatic rings. The number of nitrogens with zero attached hydrogens (tertiary/aromatic N) is 3. The number of rotatable bonds is 5. The Balaban J connectivity index is 2.00. The maximum absolute atomic E-state index is 4.68. The van der Waals surface area contributed by atoms with Gasteiger partial charge in [0.05, 0.1) is 0 Å². The third-order valence-corrected chi connectivity index (χ3v) is 4.32. The van der Waals surface area contributed by atoms with Crippen molar-refractivity contribution in [2.45, 2.75) is 39.8 Å². The number of piperazine rings is 1. The molecule has 0 saturated carbocycles. The molecule has 4 heteroatoms. The van der Waals surface area contributed by atoms with E-state index in [1.807, 2.05) is 13.2 Å². The molecule has 1 aromatic rings. The summed E-state index contributed by atoms with van der Waals surface area (Å²) < 4.78 is 0. The van der Waals surface area contributed by atoms with Crippen LogP contribution in [-0.4, -0.2) is 49.2 Å². The van der Waals surface area contributed by atoms with Gasteiger partial charge in [-0.1, -0.05) is 6.92 Å². The molecular weight excluding hydrogens is 248 g/mol. The summed E-state index contributed by atoms with van der Waals surface area (Å²) in [6.45, 7) is 12.1. The minimum Gasteiger partial charge on any atom is -0.354 e. The van der Waals surface area contributed by atoms with E-state index in [-0.39, 0.29) is 0 Å². The van der Waals surface area contributed by atoms with E-state index in [2.05, 4.69) is 46.9 Å². The fourth-order valence-corrected chi connectivity index (χ4v) is 2.89. The van der Waals surface area contributed by atoms with Gasteiger partial charge in [0.25, 0.3) is 0 Å². The Labute approximate surface area is 123 Å². The van der Waals surface area contributed by atoms with Gasteiger partial charge in [-0.3, -0.25) is 4.90 Å². The van der Waals surface area contributed by atoms with Crippen LogP contribution in [0, 0.1) is 6.92 Å². The number of hydrogen-bond acceptors (Lipinski definition) is 4. The van der Waals surface area contributed by atoms with E-state index in [0.29, 0.717) is 6.04 Å². The van der Waals surface area contributed by atoms with Crippen molar-refractivity contribution in [2.75, 3.05) is 38.1 Å². The average Bonchev–Trinajstić information content (AvgIpc) is 2.47. The molecule has 1 unspecified atom stereocenters. The molecule has 112 valence electrons. The highest BCUT2D eigenvalue weighted by Gasteiger charge is 2.21. The molecule has 1 fully saturated rings. The van der Waals surface area contributed by atoms with E-state index < -0.39 is 0 Å². The van der Waals surface area contributed by atoms with Gasteiger partial charge in [-0.25, -0.2) is 4.98 Å². The van der Waals surface area contributed by atoms with Crippen LogP contribution < -0.4 is 10.2 Å². The Kier molecular flexibility index (Phi) is 5.38. The van der Waals surface area contributed by atoms with Crippen molar-refractivity contribution in [1.29, 1.82) is 0 Å². The van der Waals surface area contributed by atoms with E-state index >= 15 is 0 Å². The van der Waals surface area contributed by atoms with Crippen LogP contribution in [0.4, 0.5) is 5.82 Å². The Hall–Kier alpha value is -1.13. The zero-order valence-corrected chi connectivity index (χ0v) is 13.3. The lowest BCUT2D eigenvalue weighted by Gasteiger charge is -2.38. The summed E-state index contributed by atoms with van der Waals surface area (Å²) >= 11 is 0. The molecule has 1 aromatic heterocycles. The summed E-state index contributed by atoms with van der Waals surface area (Å²) in [4.78, 5) is 9.69. The molecule has 0 bridgehead atoms. The summed E-state index contributed by atoms with van der Waals surface area (Å²) in [7, 11) is 1.97. The topological polar surface area (TPSA) is 31.4 Å². The van der Waals surface area contributed by atoms with Crippen LogP contribution in [0.2, 0.25) is 0 Å². The molecule has 0 aromatic carbocycles. The van der Waals surface area contributed by atoms with Crippen molar-refractivity contribution in [3.05, 3.63) is 23.4 Å². The number of anilines is 1. The Morgan fingerprint density at radius 3 is 2.55 bits per heavy atom. The molecule has 0 amide bonds. The molecule has 1 saturated heterocycles. The van der Waals surface area contributed by atoms with Crippen LogP contribution in [-0.2, 0) is 6.54 Å². The maximum Gasteiger partial charge on any atom is 0.131 e. The molecule has 1 aliphatic heterocycles. The lowest BCUT2D eigenvalue weighted by molar-refractivity contribution is 0.192. The van der Waals surface area contributed by atoms with Gasteiger partial charge in [-0.05, 0) is 44.5 Å². The SMILES string of the molecule is CCC(C)N1CCN(c2ncc(CNC)cc2C)CC1. The molecule has 0 spiro atoms. The lowest BCUT2D eigenvalue weighted by Crippen LogP contribution is -2.49. The second-order valence-electron chi connectivity index (χ2n) is 5.79. The number of hydrogen-bond donors (Lipinski definition) is 1. The van der Waals surface area contributed by atoms with E-state index in [1.165, 1.54) is 17.5 Å². The molecule has 2 heterocycles. The molecule has 0 radical (unpaired) electrons. The second-order valence-corrected chi connectivity index (χ2v) is 5.79. The molecule has 1 atom stereocenters. The first-order chi connectivity index (χ1) is 9.65. The van der Waals surface area contributed by atoms with Crippen molar-refractivity contribution in [1.82, 2.24) is 15.2 Å². The van der Waals surface area contributed by atoms with Crippen LogP contribution in [0.15, 0.2) is 12.3 Å². The van der Waals surface area contributed by atoms with E-state index in [9.17, 15) is 0 Å². The second kappa shape index (κ2) is 7.04. The highest BCUT2D eigenvalue weighted by molar-refractivity contribution is 5.47. The number of aryl methyl sites for hydroxylation is 1. The van der Waals surface area contributed by atoms with Crippen molar-refractivity contribution in [3.8, 4) is 0 Å². The van der Waals surface area contributed by atoms with Crippen LogP contribution >= 0.6 is 0 Å². The Morgan fingerprint density at radius 1 is 1.30 bits per heavy atom. The largest absolute Gasteiger partial charge is 0.354 e. The molecular formula is C16H28N4. The van der Waals surface area contributed by atoms with Crippen LogP contribution in [0.3, 0.4) is 0 Å². The molecule has 4 nitrogen and oxygen atoms in total. The van der Waals surface area contributed by atoms with Crippen molar-refractivity contribution in [3.63, 3.8) is 0 Å². The Bertz CT molecular complexity index is 424. The predicted molar refractivity (Wildman–Crippen MR) is 85.3 cm³/mol. The van der Waals surface area contributed by atoms with E-state index in [4.69, 9.17) is 0 Å². The minimum absolute atomic E-state index is 0.698. The molecule has 0 aliphatic carbocycles. The summed E-state index contributed by atoms with van der Waals surface area (Å²) in [5.74, 6) is 1.16. The monoisotopic (exact) mass is 276 g/mol. The predicted octanol–water partition coefficient (Wildman–Crippen LogP) is 2.03. The summed E-state index contributed by atoms with van der Waals surface area (Å²) in [6.07, 6.45) is 3.23. The number of nitrogens with one attached hydrogen (secondary N) is 1. The first-order valence-corrected chi connectivity index (χ1v) is 7.74. The van der Waals surface area contributed by atoms with Crippen LogP contribution in [0.25, 0.3) is 0 Å². The fourth-order valence-electron chi connectivity index (χ4n) is 2.89. The van der Waals surface area contributed by atoms with Gasteiger partial charge in [-0.2, -0.15) is 0 Å². The molecule has 2 rings (SSSR count). The highest BCUT2D eigenvalue weighted by Crippen LogP contribution is 2.20. The van der Waals surface area contributed by atoms with Gasteiger partial charge in [0.2, 0.25) is 0 Å². The summed E-state index contributed by atoms with van der Waals surface area (Å²) in [6, 6.07) is 2.95. The first-order valence-electron chi connectivity index (χ1n) is 7.74. The lowest BCUT2D eigenvalue weighted by atomic mass is 10.1. The number of pyridine rings is 1. The zero-order chi connectivity index (χ0) is 14.5. The van der Waals surface area contributed by atoms with Crippen LogP contribution in [0.5, 0.6) is 0 Å². The third kappa shape index (κ3) is 3.49. The Morgan fingerprint density at radius 2 is 2.00 bits per heavy atom. The summed E-state index contributed by atoms with van der Waals surface area (Å²) in [5, 5.41) is 3.17. The first kappa shape index (κ1) is 15.3. The van der Waals surface area contributed by atoms with E-state index in [1.54, 1.807) is 0 Å². The van der Waals surface area contributed by atoms with E-state index in [0.717, 1.165) is 38.5 Å². The average molecular weight is 276 g/mol. The van der Waals surface area contributed by atoms with Crippen molar-refractivity contribution < 1.29 is 0 Å². The van der Waals surface area contributed by atoms with Gasteiger partial charge in [0.1, 0.15) is 5.82 Å². The van der Waals surface area contributed by atoms with Crippen molar-refractivity contribution >= 4 is 5.82 Å². The quantitative estimate of drug-likeness (QED) is 0.891. The minimum atomic E-state index is 0.698. The zero-order valence-electron chi connectivity index (χ0n) is 13.3. The standard InChI is InChI=1S/C16H28N4/c1-5-14(3)19-6-8-20(9-7-19)16-13(2)10-15(11-17-4)12-18-16/h10,12,14,17H,5-9,11H2,1-4H3. The van der Waals surface area contributed by atoms with Gasteiger partial charge in [0, 0.05) is 45.0 Å². The highest BCUT2D eigenvalue weighted by atomic mass is 15.3. The number of aromatic nitrogens is 1. The smallest absolute Gasteiger partial charge is 0.131 e. The summed E-state index contributed by atoms with van der Waals surface area (Å²) in [5.41, 5.74) is 2.54. The van der Waals surface area contributed by atoms with Crippen LogP contribution in [0.1, 0.15) is 31.4 Å². The van der Waals surface area contributed by atoms with Gasteiger partial charge in [0.15, 0.2) is 0 Å². The normalized spacial score (nSPS) is 18.3. The fraction of sp³-hybridized carbons (Fsp3) is 0.688. The third-order valence-electron chi connectivity index (χ3n) is 4.32. The van der Waals surface area contributed by atoms with Gasteiger partial charge >= 0.3 is 0 Å².